The second kappa shape index (κ2) is 4.34. The quantitative estimate of drug-likeness (QED) is 0.764. The smallest absolute Gasteiger partial charge is 0.187 e. The molecule has 1 aliphatic rings. The van der Waals surface area contributed by atoms with Crippen LogP contribution in [0.3, 0.4) is 0 Å². The molecule has 2 rings (SSSR count). The molecule has 0 radical (unpaired) electrons. The van der Waals surface area contributed by atoms with E-state index in [1.54, 1.807) is 0 Å². The summed E-state index contributed by atoms with van der Waals surface area (Å²) < 4.78 is 0. The van der Waals surface area contributed by atoms with Crippen molar-refractivity contribution in [2.24, 2.45) is 5.41 Å². The molecule has 0 spiro atoms. The maximum atomic E-state index is 10.7. The third kappa shape index (κ3) is 2.38. The van der Waals surface area contributed by atoms with Crippen LogP contribution < -0.4 is 4.90 Å². The fourth-order valence-electron chi connectivity index (χ4n) is 1.81. The fourth-order valence-corrected chi connectivity index (χ4v) is 2.93. The lowest BCUT2D eigenvalue weighted by Crippen LogP contribution is -2.37. The molecule has 0 unspecified atom stereocenters. The van der Waals surface area contributed by atoms with Gasteiger partial charge < -0.3 is 4.90 Å². The number of hydrogen-bond acceptors (Lipinski definition) is 4. The molecule has 3 nitrogen and oxygen atoms in total. The molecular weight excluding hydrogens is 244 g/mol. The molecule has 16 heavy (non-hydrogen) atoms. The van der Waals surface area contributed by atoms with Crippen molar-refractivity contribution in [2.75, 3.05) is 18.0 Å². The minimum absolute atomic E-state index is 0.333. The van der Waals surface area contributed by atoms with Gasteiger partial charge in [0.1, 0.15) is 4.88 Å². The van der Waals surface area contributed by atoms with Crippen LogP contribution in [0.25, 0.3) is 0 Å². The van der Waals surface area contributed by atoms with E-state index >= 15 is 0 Å². The molecule has 1 aliphatic heterocycles. The summed E-state index contributed by atoms with van der Waals surface area (Å²) in [5, 5.41) is 1.21. The van der Waals surface area contributed by atoms with E-state index in [1.807, 2.05) is 0 Å². The van der Waals surface area contributed by atoms with Gasteiger partial charge >= 0.3 is 0 Å². The standard InChI is InChI=1S/C11H15ClN2OS/c1-11(2)3-5-14(6-4-11)10-13-9(12)8(7-15)16-10/h7H,3-6H2,1-2H3. The Bertz CT molecular complexity index is 393. The van der Waals surface area contributed by atoms with Crippen LogP contribution in [0.2, 0.25) is 5.15 Å². The molecule has 5 heteroatoms. The van der Waals surface area contributed by atoms with Crippen LogP contribution in [0.5, 0.6) is 0 Å². The summed E-state index contributed by atoms with van der Waals surface area (Å²) in [4.78, 5) is 17.7. The number of piperidine rings is 1. The average molecular weight is 259 g/mol. The summed E-state index contributed by atoms with van der Waals surface area (Å²) in [5.41, 5.74) is 0.422. The van der Waals surface area contributed by atoms with E-state index in [9.17, 15) is 4.79 Å². The van der Waals surface area contributed by atoms with Gasteiger partial charge in [0.15, 0.2) is 16.6 Å². The van der Waals surface area contributed by atoms with E-state index < -0.39 is 0 Å². The monoisotopic (exact) mass is 258 g/mol. The van der Waals surface area contributed by atoms with Gasteiger partial charge in [0, 0.05) is 13.1 Å². The number of rotatable bonds is 2. The fraction of sp³-hybridized carbons (Fsp3) is 0.636. The molecule has 1 aromatic heterocycles. The van der Waals surface area contributed by atoms with Crippen LogP contribution in [-0.2, 0) is 0 Å². The van der Waals surface area contributed by atoms with Crippen LogP contribution in [0.15, 0.2) is 0 Å². The van der Waals surface area contributed by atoms with Gasteiger partial charge in [-0.3, -0.25) is 4.79 Å². The van der Waals surface area contributed by atoms with Gasteiger partial charge in [-0.25, -0.2) is 4.98 Å². The molecule has 0 bridgehead atoms. The molecule has 0 aromatic carbocycles. The molecule has 1 saturated heterocycles. The highest BCUT2D eigenvalue weighted by atomic mass is 35.5. The van der Waals surface area contributed by atoms with E-state index in [4.69, 9.17) is 11.6 Å². The lowest BCUT2D eigenvalue weighted by Gasteiger charge is -2.36. The number of nitrogens with zero attached hydrogens (tertiary/aromatic N) is 2. The highest BCUT2D eigenvalue weighted by Crippen LogP contribution is 2.35. The Morgan fingerprint density at radius 3 is 2.56 bits per heavy atom. The van der Waals surface area contributed by atoms with Gasteiger partial charge in [-0.05, 0) is 18.3 Å². The number of anilines is 1. The zero-order chi connectivity index (χ0) is 11.8. The Kier molecular flexibility index (Phi) is 3.22. The SMILES string of the molecule is CC1(C)CCN(c2nc(Cl)c(C=O)s2)CC1. The van der Waals surface area contributed by atoms with Crippen molar-refractivity contribution in [1.29, 1.82) is 0 Å². The van der Waals surface area contributed by atoms with Gasteiger partial charge in [-0.1, -0.05) is 36.8 Å². The van der Waals surface area contributed by atoms with E-state index in [2.05, 4.69) is 23.7 Å². The number of hydrogen-bond donors (Lipinski definition) is 0. The summed E-state index contributed by atoms with van der Waals surface area (Å²) in [5.74, 6) is 0. The Hall–Kier alpha value is -0.610. The predicted molar refractivity (Wildman–Crippen MR) is 67.7 cm³/mol. The third-order valence-electron chi connectivity index (χ3n) is 3.09. The van der Waals surface area contributed by atoms with Gasteiger partial charge in [0.25, 0.3) is 0 Å². The van der Waals surface area contributed by atoms with E-state index in [0.29, 0.717) is 15.4 Å². The Morgan fingerprint density at radius 1 is 1.44 bits per heavy atom. The van der Waals surface area contributed by atoms with Crippen molar-refractivity contribution in [3.8, 4) is 0 Å². The van der Waals surface area contributed by atoms with Crippen LogP contribution in [0, 0.1) is 5.41 Å². The molecule has 2 heterocycles. The number of halogens is 1. The number of thiazole rings is 1. The number of carbonyl (C=O) groups excluding carboxylic acids is 1. The van der Waals surface area contributed by atoms with Crippen molar-refractivity contribution in [2.45, 2.75) is 26.7 Å². The Morgan fingerprint density at radius 2 is 2.06 bits per heavy atom. The third-order valence-corrected chi connectivity index (χ3v) is 4.53. The second-order valence-electron chi connectivity index (χ2n) is 4.92. The van der Waals surface area contributed by atoms with Crippen molar-refractivity contribution < 1.29 is 4.79 Å². The zero-order valence-corrected chi connectivity index (χ0v) is 11.1. The summed E-state index contributed by atoms with van der Waals surface area (Å²) in [7, 11) is 0. The van der Waals surface area contributed by atoms with Crippen LogP contribution >= 0.6 is 22.9 Å². The second-order valence-corrected chi connectivity index (χ2v) is 6.29. The Labute approximate surface area is 104 Å². The first-order valence-electron chi connectivity index (χ1n) is 5.38. The molecule has 1 fully saturated rings. The zero-order valence-electron chi connectivity index (χ0n) is 9.49. The normalized spacial score (nSPS) is 19.8. The average Bonchev–Trinajstić information content (AvgIpc) is 2.59. The summed E-state index contributed by atoms with van der Waals surface area (Å²) >= 11 is 7.24. The van der Waals surface area contributed by atoms with Crippen LogP contribution in [0.1, 0.15) is 36.4 Å². The summed E-state index contributed by atoms with van der Waals surface area (Å²) in [6, 6.07) is 0. The molecule has 0 aliphatic carbocycles. The molecule has 0 saturated carbocycles. The molecule has 1 aromatic rings. The first kappa shape index (κ1) is 11.9. The first-order valence-corrected chi connectivity index (χ1v) is 6.58. The lowest BCUT2D eigenvalue weighted by atomic mass is 9.83. The van der Waals surface area contributed by atoms with Crippen molar-refractivity contribution in [1.82, 2.24) is 4.98 Å². The lowest BCUT2D eigenvalue weighted by molar-refractivity contribution is 0.112. The van der Waals surface area contributed by atoms with Crippen molar-refractivity contribution >= 4 is 34.4 Å². The Balaban J connectivity index is 2.11. The molecule has 88 valence electrons. The van der Waals surface area contributed by atoms with Crippen molar-refractivity contribution in [3.63, 3.8) is 0 Å². The number of carbonyl (C=O) groups is 1. The topological polar surface area (TPSA) is 33.2 Å². The van der Waals surface area contributed by atoms with Gasteiger partial charge in [-0.2, -0.15) is 0 Å². The largest absolute Gasteiger partial charge is 0.348 e. The predicted octanol–water partition coefficient (Wildman–Crippen LogP) is 3.24. The van der Waals surface area contributed by atoms with Crippen LogP contribution in [-0.4, -0.2) is 24.4 Å². The maximum Gasteiger partial charge on any atom is 0.187 e. The molecular formula is C11H15ClN2OS. The highest BCUT2D eigenvalue weighted by molar-refractivity contribution is 7.17. The van der Waals surface area contributed by atoms with Crippen molar-refractivity contribution in [3.05, 3.63) is 10.0 Å². The first-order chi connectivity index (χ1) is 7.52. The molecule has 0 atom stereocenters. The minimum Gasteiger partial charge on any atom is -0.348 e. The minimum atomic E-state index is 0.333. The number of aromatic nitrogens is 1. The van der Waals surface area contributed by atoms with E-state index in [1.165, 1.54) is 11.3 Å². The highest BCUT2D eigenvalue weighted by Gasteiger charge is 2.27. The maximum absolute atomic E-state index is 10.7. The van der Waals surface area contributed by atoms with E-state index in [0.717, 1.165) is 37.3 Å². The van der Waals surface area contributed by atoms with E-state index in [-0.39, 0.29) is 0 Å². The molecule has 0 N–H and O–H groups in total. The molecule has 0 amide bonds. The van der Waals surface area contributed by atoms with Crippen LogP contribution in [0.4, 0.5) is 5.13 Å². The summed E-state index contributed by atoms with van der Waals surface area (Å²) in [6.07, 6.45) is 3.08. The van der Waals surface area contributed by atoms with Gasteiger partial charge in [-0.15, -0.1) is 0 Å². The summed E-state index contributed by atoms with van der Waals surface area (Å²) in [6.45, 7) is 6.57. The van der Waals surface area contributed by atoms with Gasteiger partial charge in [0.2, 0.25) is 0 Å². The van der Waals surface area contributed by atoms with Gasteiger partial charge in [0.05, 0.1) is 0 Å². The number of aldehydes is 1.